The van der Waals surface area contributed by atoms with Crippen molar-refractivity contribution in [2.45, 2.75) is 0 Å². The number of rotatable bonds is 4. The molecule has 4 rings (SSSR count). The van der Waals surface area contributed by atoms with Crippen molar-refractivity contribution < 1.29 is 9.53 Å². The van der Waals surface area contributed by atoms with Crippen LogP contribution in [0.25, 0.3) is 22.3 Å². The minimum atomic E-state index is -0.425. The molecule has 0 bridgehead atoms. The summed E-state index contributed by atoms with van der Waals surface area (Å²) in [7, 11) is 1.55. The van der Waals surface area contributed by atoms with Crippen molar-refractivity contribution in [1.29, 1.82) is 0 Å². The Kier molecular flexibility index (Phi) is 4.79. The second-order valence-electron chi connectivity index (χ2n) is 5.96. The number of carbonyl (C=O) groups excluding carboxylic acids is 1. The van der Waals surface area contributed by atoms with Gasteiger partial charge in [-0.2, -0.15) is 0 Å². The Morgan fingerprint density at radius 2 is 1.64 bits per heavy atom. The minimum absolute atomic E-state index is 0.425. The van der Waals surface area contributed by atoms with Gasteiger partial charge in [-0.1, -0.05) is 42.5 Å². The molecule has 0 atom stereocenters. The zero-order valence-corrected chi connectivity index (χ0v) is 15.1. The number of amides is 2. The largest absolute Gasteiger partial charge is 0.495 e. The molecule has 28 heavy (non-hydrogen) atoms. The van der Waals surface area contributed by atoms with Crippen LogP contribution in [0.15, 0.2) is 73.2 Å². The molecule has 0 spiro atoms. The Balaban J connectivity index is 1.64. The number of aromatic nitrogens is 3. The highest BCUT2D eigenvalue weighted by molar-refractivity contribution is 6.04. The number of urea groups is 1. The fourth-order valence-electron chi connectivity index (χ4n) is 2.80. The van der Waals surface area contributed by atoms with E-state index in [1.807, 2.05) is 42.5 Å². The highest BCUT2D eigenvalue weighted by Crippen LogP contribution is 2.25. The second-order valence-corrected chi connectivity index (χ2v) is 5.96. The van der Waals surface area contributed by atoms with Crippen LogP contribution >= 0.6 is 0 Å². The van der Waals surface area contributed by atoms with Crippen molar-refractivity contribution in [2.24, 2.45) is 0 Å². The summed E-state index contributed by atoms with van der Waals surface area (Å²) in [5.41, 5.74) is 3.84. The van der Waals surface area contributed by atoms with Crippen LogP contribution in [0.5, 0.6) is 5.75 Å². The molecule has 138 valence electrons. The maximum atomic E-state index is 12.5. The summed E-state index contributed by atoms with van der Waals surface area (Å²) in [5, 5.41) is 5.56. The van der Waals surface area contributed by atoms with Crippen molar-refractivity contribution >= 4 is 28.4 Å². The maximum absolute atomic E-state index is 12.5. The number of pyridine rings is 1. The molecule has 0 saturated heterocycles. The first-order valence-corrected chi connectivity index (χ1v) is 8.62. The van der Waals surface area contributed by atoms with Gasteiger partial charge in [-0.15, -0.1) is 0 Å². The lowest BCUT2D eigenvalue weighted by Crippen LogP contribution is -2.20. The average Bonchev–Trinajstić information content (AvgIpc) is 2.74. The van der Waals surface area contributed by atoms with E-state index in [0.717, 1.165) is 5.56 Å². The van der Waals surface area contributed by atoms with E-state index in [1.165, 1.54) is 0 Å². The molecule has 0 unspecified atom stereocenters. The molecule has 4 aromatic rings. The monoisotopic (exact) mass is 371 g/mol. The summed E-state index contributed by atoms with van der Waals surface area (Å²) in [6.07, 6.45) is 4.85. The maximum Gasteiger partial charge on any atom is 0.323 e. The summed E-state index contributed by atoms with van der Waals surface area (Å²) in [4.78, 5) is 25.7. The van der Waals surface area contributed by atoms with Crippen LogP contribution in [-0.2, 0) is 0 Å². The van der Waals surface area contributed by atoms with Crippen LogP contribution in [0, 0.1) is 0 Å². The highest BCUT2D eigenvalue weighted by Gasteiger charge is 2.12. The topological polar surface area (TPSA) is 89.0 Å². The number of hydrogen-bond acceptors (Lipinski definition) is 5. The minimum Gasteiger partial charge on any atom is -0.495 e. The van der Waals surface area contributed by atoms with Crippen molar-refractivity contribution in [2.75, 3.05) is 17.7 Å². The number of para-hydroxylation sites is 2. The molecular weight excluding hydrogens is 354 g/mol. The van der Waals surface area contributed by atoms with Gasteiger partial charge in [0, 0.05) is 5.56 Å². The first-order chi connectivity index (χ1) is 13.7. The van der Waals surface area contributed by atoms with Gasteiger partial charge in [0.25, 0.3) is 0 Å². The number of nitrogens with zero attached hydrogens (tertiary/aromatic N) is 3. The van der Waals surface area contributed by atoms with Gasteiger partial charge in [0.2, 0.25) is 0 Å². The Bertz CT molecular complexity index is 1130. The summed E-state index contributed by atoms with van der Waals surface area (Å²) < 4.78 is 5.25. The molecule has 0 aliphatic heterocycles. The van der Waals surface area contributed by atoms with E-state index >= 15 is 0 Å². The van der Waals surface area contributed by atoms with Crippen molar-refractivity contribution in [3.8, 4) is 17.0 Å². The molecule has 0 saturated carbocycles. The quantitative estimate of drug-likeness (QED) is 0.557. The SMILES string of the molecule is COc1ccccc1NC(=O)Nc1cncc2ncc(-c3ccccc3)nc12. The number of benzene rings is 2. The van der Waals surface area contributed by atoms with Crippen LogP contribution in [0.3, 0.4) is 0 Å². The van der Waals surface area contributed by atoms with Gasteiger partial charge in [-0.3, -0.25) is 9.97 Å². The van der Waals surface area contributed by atoms with Crippen molar-refractivity contribution in [1.82, 2.24) is 15.0 Å². The number of nitrogens with one attached hydrogen (secondary N) is 2. The lowest BCUT2D eigenvalue weighted by molar-refractivity contribution is 0.262. The van der Waals surface area contributed by atoms with E-state index in [2.05, 4.69) is 25.6 Å². The summed E-state index contributed by atoms with van der Waals surface area (Å²) in [6, 6.07) is 16.5. The predicted molar refractivity (Wildman–Crippen MR) is 108 cm³/mol. The number of methoxy groups -OCH3 is 1. The van der Waals surface area contributed by atoms with Crippen molar-refractivity contribution in [3.63, 3.8) is 0 Å². The number of carbonyl (C=O) groups is 1. The Morgan fingerprint density at radius 1 is 0.893 bits per heavy atom. The van der Waals surface area contributed by atoms with Crippen LogP contribution in [-0.4, -0.2) is 28.1 Å². The zero-order valence-electron chi connectivity index (χ0n) is 15.1. The van der Waals surface area contributed by atoms with Crippen LogP contribution in [0.2, 0.25) is 0 Å². The molecule has 2 N–H and O–H groups in total. The number of fused-ring (bicyclic) bond motifs is 1. The fourth-order valence-corrected chi connectivity index (χ4v) is 2.80. The third-order valence-electron chi connectivity index (χ3n) is 4.13. The van der Waals surface area contributed by atoms with Gasteiger partial charge in [-0.25, -0.2) is 9.78 Å². The van der Waals surface area contributed by atoms with E-state index in [4.69, 9.17) is 4.74 Å². The Labute approximate surface area is 161 Å². The van der Waals surface area contributed by atoms with Crippen LogP contribution < -0.4 is 15.4 Å². The molecular formula is C21H17N5O2. The van der Waals surface area contributed by atoms with Crippen molar-refractivity contribution in [3.05, 3.63) is 73.2 Å². The molecule has 2 aromatic carbocycles. The lowest BCUT2D eigenvalue weighted by atomic mass is 10.1. The molecule has 2 amide bonds. The lowest BCUT2D eigenvalue weighted by Gasteiger charge is -2.12. The summed E-state index contributed by atoms with van der Waals surface area (Å²) >= 11 is 0. The first kappa shape index (κ1) is 17.4. The molecule has 7 heteroatoms. The molecule has 0 fully saturated rings. The van der Waals surface area contributed by atoms with Crippen LogP contribution in [0.4, 0.5) is 16.2 Å². The Morgan fingerprint density at radius 3 is 2.46 bits per heavy atom. The zero-order chi connectivity index (χ0) is 19.3. The smallest absolute Gasteiger partial charge is 0.323 e. The molecule has 2 heterocycles. The Hall–Kier alpha value is -4.00. The number of anilines is 2. The molecule has 7 nitrogen and oxygen atoms in total. The van der Waals surface area contributed by atoms with Gasteiger partial charge in [0.15, 0.2) is 0 Å². The summed E-state index contributed by atoms with van der Waals surface area (Å²) in [5.74, 6) is 0.569. The fraction of sp³-hybridized carbons (Fsp3) is 0.0476. The van der Waals surface area contributed by atoms with Crippen LogP contribution in [0.1, 0.15) is 0 Å². The van der Waals surface area contributed by atoms with Gasteiger partial charge in [-0.05, 0) is 12.1 Å². The number of hydrogen-bond donors (Lipinski definition) is 2. The van der Waals surface area contributed by atoms with Gasteiger partial charge in [0.1, 0.15) is 16.8 Å². The molecule has 0 aliphatic carbocycles. The van der Waals surface area contributed by atoms with Gasteiger partial charge in [0.05, 0.1) is 42.8 Å². The third-order valence-corrected chi connectivity index (χ3v) is 4.13. The molecule has 0 aliphatic rings. The standard InChI is InChI=1S/C21H17N5O2/c1-28-19-10-6-5-9-15(19)25-21(27)26-18-12-22-11-17-20(18)24-16(13-23-17)14-7-3-2-4-8-14/h2-13H,1H3,(H2,25,26,27). The van der Waals surface area contributed by atoms with E-state index in [-0.39, 0.29) is 0 Å². The second kappa shape index (κ2) is 7.71. The van der Waals surface area contributed by atoms with E-state index in [0.29, 0.717) is 33.9 Å². The van der Waals surface area contributed by atoms with Gasteiger partial charge < -0.3 is 15.4 Å². The molecule has 2 aromatic heterocycles. The average molecular weight is 371 g/mol. The summed E-state index contributed by atoms with van der Waals surface area (Å²) in [6.45, 7) is 0. The third kappa shape index (κ3) is 3.59. The van der Waals surface area contributed by atoms with Gasteiger partial charge >= 0.3 is 6.03 Å². The predicted octanol–water partition coefficient (Wildman–Crippen LogP) is 4.34. The normalized spacial score (nSPS) is 10.5. The first-order valence-electron chi connectivity index (χ1n) is 8.62. The molecule has 0 radical (unpaired) electrons. The van der Waals surface area contributed by atoms with E-state index in [1.54, 1.807) is 37.8 Å². The van der Waals surface area contributed by atoms with E-state index < -0.39 is 6.03 Å². The highest BCUT2D eigenvalue weighted by atomic mass is 16.5. The van der Waals surface area contributed by atoms with E-state index in [9.17, 15) is 4.79 Å². The number of ether oxygens (including phenoxy) is 1.